The molecule has 1 aliphatic carbocycles. The van der Waals surface area contributed by atoms with Gasteiger partial charge in [-0.1, -0.05) is 30.3 Å². The number of methoxy groups -OCH3 is 1. The molecule has 0 fully saturated rings. The molecule has 0 bridgehead atoms. The maximum Gasteiger partial charge on any atom is 0.322 e. The Kier molecular flexibility index (Phi) is 5.53. The second kappa shape index (κ2) is 8.01. The Morgan fingerprint density at radius 3 is 2.62 bits per heavy atom. The molecule has 2 aromatic rings. The fraction of sp³-hybridized carbons (Fsp3) is 0.300. The number of amides is 3. The minimum absolute atomic E-state index is 0.0135. The first-order chi connectivity index (χ1) is 12.6. The lowest BCUT2D eigenvalue weighted by molar-refractivity contribution is -0.119. The van der Waals surface area contributed by atoms with Gasteiger partial charge in [-0.3, -0.25) is 4.79 Å². The van der Waals surface area contributed by atoms with Crippen LogP contribution in [0.5, 0.6) is 0 Å². The summed E-state index contributed by atoms with van der Waals surface area (Å²) in [6.45, 7) is -0.0135. The van der Waals surface area contributed by atoms with Gasteiger partial charge in [0.1, 0.15) is 6.61 Å². The van der Waals surface area contributed by atoms with Crippen molar-refractivity contribution in [1.29, 1.82) is 0 Å². The zero-order valence-electron chi connectivity index (χ0n) is 15.0. The van der Waals surface area contributed by atoms with Crippen LogP contribution in [0.15, 0.2) is 48.5 Å². The molecule has 136 valence electrons. The highest BCUT2D eigenvalue weighted by molar-refractivity contribution is 5.94. The molecule has 1 aliphatic rings. The fourth-order valence-electron chi connectivity index (χ4n) is 3.29. The van der Waals surface area contributed by atoms with E-state index >= 15 is 0 Å². The van der Waals surface area contributed by atoms with Crippen LogP contribution in [0.25, 0.3) is 0 Å². The zero-order valence-corrected chi connectivity index (χ0v) is 15.0. The molecule has 0 aromatic heterocycles. The largest absolute Gasteiger partial charge is 0.375 e. The monoisotopic (exact) mass is 353 g/mol. The number of fused-ring (bicyclic) bond motifs is 1. The van der Waals surface area contributed by atoms with Crippen molar-refractivity contribution in [2.75, 3.05) is 31.4 Å². The molecular formula is C20H23N3O3. The molecule has 2 aromatic carbocycles. The van der Waals surface area contributed by atoms with Crippen molar-refractivity contribution >= 4 is 23.3 Å². The van der Waals surface area contributed by atoms with Gasteiger partial charge in [0.2, 0.25) is 5.91 Å². The Balaban J connectivity index is 1.66. The molecule has 0 spiro atoms. The fourth-order valence-corrected chi connectivity index (χ4v) is 3.29. The molecule has 2 N–H and O–H groups in total. The summed E-state index contributed by atoms with van der Waals surface area (Å²) in [5.41, 5.74) is 3.76. The first-order valence-electron chi connectivity index (χ1n) is 8.59. The SMILES string of the molecule is COCC(=O)Nc1cccc(NC(=O)N(C)[C@H]2CCc3ccccc32)c1. The predicted molar refractivity (Wildman–Crippen MR) is 101 cm³/mol. The number of anilines is 2. The first-order valence-corrected chi connectivity index (χ1v) is 8.59. The van der Waals surface area contributed by atoms with Crippen molar-refractivity contribution in [3.63, 3.8) is 0 Å². The smallest absolute Gasteiger partial charge is 0.322 e. The van der Waals surface area contributed by atoms with Crippen molar-refractivity contribution < 1.29 is 14.3 Å². The quantitative estimate of drug-likeness (QED) is 0.865. The third-order valence-electron chi connectivity index (χ3n) is 4.56. The molecule has 0 radical (unpaired) electrons. The number of rotatable bonds is 5. The van der Waals surface area contributed by atoms with Crippen molar-refractivity contribution in [3.8, 4) is 0 Å². The van der Waals surface area contributed by atoms with Crippen molar-refractivity contribution in [2.45, 2.75) is 18.9 Å². The number of nitrogens with zero attached hydrogens (tertiary/aromatic N) is 1. The molecule has 0 unspecified atom stereocenters. The van der Waals surface area contributed by atoms with E-state index in [0.717, 1.165) is 12.8 Å². The van der Waals surface area contributed by atoms with E-state index in [9.17, 15) is 9.59 Å². The summed E-state index contributed by atoms with van der Waals surface area (Å²) < 4.78 is 4.80. The zero-order chi connectivity index (χ0) is 18.5. The molecule has 3 amide bonds. The Morgan fingerprint density at radius 1 is 1.12 bits per heavy atom. The molecule has 26 heavy (non-hydrogen) atoms. The second-order valence-electron chi connectivity index (χ2n) is 6.36. The van der Waals surface area contributed by atoms with Crippen LogP contribution >= 0.6 is 0 Å². The number of nitrogens with one attached hydrogen (secondary N) is 2. The van der Waals surface area contributed by atoms with Gasteiger partial charge < -0.3 is 20.3 Å². The summed E-state index contributed by atoms with van der Waals surface area (Å²) in [6.07, 6.45) is 1.91. The summed E-state index contributed by atoms with van der Waals surface area (Å²) in [4.78, 5) is 26.0. The van der Waals surface area contributed by atoms with Gasteiger partial charge in [-0.15, -0.1) is 0 Å². The first kappa shape index (κ1) is 17.9. The normalized spacial score (nSPS) is 15.2. The minimum atomic E-state index is -0.240. The molecule has 3 rings (SSSR count). The molecule has 0 saturated heterocycles. The maximum absolute atomic E-state index is 12.7. The number of hydrogen-bond donors (Lipinski definition) is 2. The topological polar surface area (TPSA) is 70.7 Å². The second-order valence-corrected chi connectivity index (χ2v) is 6.36. The van der Waals surface area contributed by atoms with E-state index in [1.54, 1.807) is 29.2 Å². The van der Waals surface area contributed by atoms with Crippen LogP contribution in [0.4, 0.5) is 16.2 Å². The van der Waals surface area contributed by atoms with Crippen LogP contribution in [0, 0.1) is 0 Å². The number of aryl methyl sites for hydroxylation is 1. The molecular weight excluding hydrogens is 330 g/mol. The van der Waals surface area contributed by atoms with E-state index in [2.05, 4.69) is 22.8 Å². The highest BCUT2D eigenvalue weighted by Crippen LogP contribution is 2.35. The number of carbonyl (C=O) groups is 2. The highest BCUT2D eigenvalue weighted by atomic mass is 16.5. The van der Waals surface area contributed by atoms with Crippen molar-refractivity contribution in [2.24, 2.45) is 0 Å². The molecule has 0 heterocycles. The Morgan fingerprint density at radius 2 is 1.85 bits per heavy atom. The lowest BCUT2D eigenvalue weighted by Crippen LogP contribution is -2.34. The average Bonchev–Trinajstić information content (AvgIpc) is 3.05. The van der Waals surface area contributed by atoms with Crippen molar-refractivity contribution in [3.05, 3.63) is 59.7 Å². The van der Waals surface area contributed by atoms with E-state index in [-0.39, 0.29) is 24.6 Å². The molecule has 1 atom stereocenters. The van der Waals surface area contributed by atoms with Gasteiger partial charge in [0.05, 0.1) is 6.04 Å². The lowest BCUT2D eigenvalue weighted by atomic mass is 10.1. The van der Waals surface area contributed by atoms with Crippen LogP contribution in [0.2, 0.25) is 0 Å². The van der Waals surface area contributed by atoms with Gasteiger partial charge in [0.15, 0.2) is 0 Å². The number of carbonyl (C=O) groups excluding carboxylic acids is 2. The van der Waals surface area contributed by atoms with E-state index in [1.165, 1.54) is 18.2 Å². The third-order valence-corrected chi connectivity index (χ3v) is 4.56. The van der Waals surface area contributed by atoms with Crippen LogP contribution in [0.1, 0.15) is 23.6 Å². The minimum Gasteiger partial charge on any atom is -0.375 e. The number of hydrogen-bond acceptors (Lipinski definition) is 3. The van der Waals surface area contributed by atoms with Gasteiger partial charge in [-0.2, -0.15) is 0 Å². The third kappa shape index (κ3) is 4.03. The Labute approximate surface area is 153 Å². The van der Waals surface area contributed by atoms with E-state index < -0.39 is 0 Å². The molecule has 0 saturated carbocycles. The highest BCUT2D eigenvalue weighted by Gasteiger charge is 2.28. The van der Waals surface area contributed by atoms with E-state index in [4.69, 9.17) is 4.74 Å². The lowest BCUT2D eigenvalue weighted by Gasteiger charge is -2.25. The van der Waals surface area contributed by atoms with Gasteiger partial charge >= 0.3 is 6.03 Å². The van der Waals surface area contributed by atoms with Crippen LogP contribution in [-0.2, 0) is 16.0 Å². The number of ether oxygens (including phenoxy) is 1. The van der Waals surface area contributed by atoms with Crippen LogP contribution < -0.4 is 10.6 Å². The van der Waals surface area contributed by atoms with E-state index in [0.29, 0.717) is 11.4 Å². The van der Waals surface area contributed by atoms with Crippen LogP contribution in [0.3, 0.4) is 0 Å². The Bertz CT molecular complexity index is 806. The summed E-state index contributed by atoms with van der Waals surface area (Å²) in [5.74, 6) is -0.240. The standard InChI is InChI=1S/C20H23N3O3/c1-23(18-11-10-14-6-3-4-9-17(14)18)20(25)22-16-8-5-7-15(12-16)21-19(24)13-26-2/h3-9,12,18H,10-11,13H2,1-2H3,(H,21,24)(H,22,25)/t18-/m0/s1. The molecule has 0 aliphatic heterocycles. The van der Waals surface area contributed by atoms with Gasteiger partial charge in [-0.25, -0.2) is 4.79 Å². The number of benzene rings is 2. The van der Waals surface area contributed by atoms with Crippen LogP contribution in [-0.4, -0.2) is 37.6 Å². The summed E-state index contributed by atoms with van der Waals surface area (Å²) in [7, 11) is 3.28. The summed E-state index contributed by atoms with van der Waals surface area (Å²) in [5, 5.41) is 5.62. The maximum atomic E-state index is 12.7. The van der Waals surface area contributed by atoms with Crippen molar-refractivity contribution in [1.82, 2.24) is 4.90 Å². The molecule has 6 heteroatoms. The van der Waals surface area contributed by atoms with Gasteiger partial charge in [-0.05, 0) is 42.2 Å². The van der Waals surface area contributed by atoms with E-state index in [1.807, 2.05) is 19.2 Å². The predicted octanol–water partition coefficient (Wildman–Crippen LogP) is 3.42. The van der Waals surface area contributed by atoms with Gasteiger partial charge in [0.25, 0.3) is 0 Å². The average molecular weight is 353 g/mol. The number of urea groups is 1. The summed E-state index contributed by atoms with van der Waals surface area (Å²) in [6, 6.07) is 15.2. The molecule has 6 nitrogen and oxygen atoms in total. The summed E-state index contributed by atoms with van der Waals surface area (Å²) >= 11 is 0. The van der Waals surface area contributed by atoms with Gasteiger partial charge in [0, 0.05) is 25.5 Å². The Hall–Kier alpha value is -2.86.